The van der Waals surface area contributed by atoms with Gasteiger partial charge in [-0.2, -0.15) is 5.10 Å². The van der Waals surface area contributed by atoms with E-state index in [2.05, 4.69) is 25.5 Å². The fourth-order valence-electron chi connectivity index (χ4n) is 2.34. The lowest BCUT2D eigenvalue weighted by Crippen LogP contribution is -2.37. The molecule has 1 atom stereocenters. The van der Waals surface area contributed by atoms with E-state index in [4.69, 9.17) is 0 Å². The van der Waals surface area contributed by atoms with Crippen LogP contribution in [0.5, 0.6) is 0 Å². The van der Waals surface area contributed by atoms with Crippen LogP contribution in [0.25, 0.3) is 10.7 Å². The third kappa shape index (κ3) is 3.60. The van der Waals surface area contributed by atoms with E-state index in [9.17, 15) is 9.59 Å². The molecule has 124 valence electrons. The minimum absolute atomic E-state index is 0.000337. The molecule has 1 amide bonds. The van der Waals surface area contributed by atoms with Gasteiger partial charge in [0.25, 0.3) is 11.5 Å². The maximum Gasteiger partial charge on any atom is 0.264 e. The summed E-state index contributed by atoms with van der Waals surface area (Å²) in [7, 11) is 0. The average Bonchev–Trinajstić information content (AvgIpc) is 3.18. The number of nitrogens with one attached hydrogen (secondary N) is 3. The Hall–Kier alpha value is -2.74. The molecule has 3 heterocycles. The van der Waals surface area contributed by atoms with Gasteiger partial charge in [-0.15, -0.1) is 11.3 Å². The lowest BCUT2D eigenvalue weighted by Gasteiger charge is -2.12. The van der Waals surface area contributed by atoms with Crippen molar-refractivity contribution in [1.29, 1.82) is 0 Å². The Kier molecular flexibility index (Phi) is 4.57. The molecule has 0 aliphatic rings. The quantitative estimate of drug-likeness (QED) is 0.658. The van der Waals surface area contributed by atoms with E-state index in [1.54, 1.807) is 0 Å². The van der Waals surface area contributed by atoms with Crippen LogP contribution in [0.3, 0.4) is 0 Å². The first-order valence-electron chi connectivity index (χ1n) is 7.48. The molecule has 0 aliphatic heterocycles. The molecule has 7 nitrogen and oxygen atoms in total. The van der Waals surface area contributed by atoms with Gasteiger partial charge >= 0.3 is 0 Å². The maximum absolute atomic E-state index is 12.3. The van der Waals surface area contributed by atoms with Gasteiger partial charge in [-0.3, -0.25) is 14.7 Å². The standard InChI is InChI=1S/C16H17N5O2S/c1-9(6-11-7-10(2)20-21-11)18-15(22)12-8-17-14(19-16(12)23)13-4-3-5-24-13/h3-5,7-9H,6H2,1-2H3,(H,18,22)(H,20,21)(H,17,19,23)/t9-/m0/s1. The molecular weight excluding hydrogens is 326 g/mol. The number of hydrogen-bond acceptors (Lipinski definition) is 5. The molecule has 8 heteroatoms. The van der Waals surface area contributed by atoms with E-state index in [0.29, 0.717) is 12.2 Å². The summed E-state index contributed by atoms with van der Waals surface area (Å²) in [5.41, 5.74) is 1.38. The number of hydrogen-bond donors (Lipinski definition) is 3. The van der Waals surface area contributed by atoms with Crippen molar-refractivity contribution in [2.24, 2.45) is 0 Å². The summed E-state index contributed by atoms with van der Waals surface area (Å²) in [6.45, 7) is 3.78. The molecule has 0 unspecified atom stereocenters. The molecular formula is C16H17N5O2S. The molecule has 0 radical (unpaired) electrons. The van der Waals surface area contributed by atoms with Crippen LogP contribution in [0.1, 0.15) is 28.7 Å². The van der Waals surface area contributed by atoms with E-state index < -0.39 is 11.5 Å². The van der Waals surface area contributed by atoms with Gasteiger partial charge in [0.1, 0.15) is 11.4 Å². The van der Waals surface area contributed by atoms with E-state index in [0.717, 1.165) is 16.3 Å². The molecule has 0 fully saturated rings. The molecule has 0 aromatic carbocycles. The Bertz CT molecular complexity index is 897. The maximum atomic E-state index is 12.3. The van der Waals surface area contributed by atoms with Crippen LogP contribution < -0.4 is 10.9 Å². The second kappa shape index (κ2) is 6.79. The summed E-state index contributed by atoms with van der Waals surface area (Å²) in [5.74, 6) is 0.0211. The predicted molar refractivity (Wildman–Crippen MR) is 92.1 cm³/mol. The molecule has 0 aliphatic carbocycles. The van der Waals surface area contributed by atoms with E-state index in [1.165, 1.54) is 17.5 Å². The lowest BCUT2D eigenvalue weighted by molar-refractivity contribution is 0.0938. The summed E-state index contributed by atoms with van der Waals surface area (Å²) >= 11 is 1.47. The Balaban J connectivity index is 1.69. The van der Waals surface area contributed by atoms with Crippen LogP contribution in [-0.4, -0.2) is 32.1 Å². The number of rotatable bonds is 5. The summed E-state index contributed by atoms with van der Waals surface area (Å²) < 4.78 is 0. The summed E-state index contributed by atoms with van der Waals surface area (Å²) in [5, 5.41) is 11.7. The second-order valence-corrected chi connectivity index (χ2v) is 6.52. The summed E-state index contributed by atoms with van der Waals surface area (Å²) in [6, 6.07) is 5.50. The van der Waals surface area contributed by atoms with Crippen LogP contribution in [0.4, 0.5) is 0 Å². The zero-order chi connectivity index (χ0) is 17.1. The van der Waals surface area contributed by atoms with Crippen LogP contribution >= 0.6 is 11.3 Å². The highest BCUT2D eigenvalue weighted by Crippen LogP contribution is 2.19. The number of aromatic amines is 2. The van der Waals surface area contributed by atoms with Crippen molar-refractivity contribution in [3.8, 4) is 10.7 Å². The second-order valence-electron chi connectivity index (χ2n) is 5.57. The third-order valence-corrected chi connectivity index (χ3v) is 4.33. The lowest BCUT2D eigenvalue weighted by atomic mass is 10.1. The Morgan fingerprint density at radius 2 is 2.29 bits per heavy atom. The number of amides is 1. The first-order valence-corrected chi connectivity index (χ1v) is 8.36. The predicted octanol–water partition coefficient (Wildman–Crippen LogP) is 1.89. The fraction of sp³-hybridized carbons (Fsp3) is 0.250. The van der Waals surface area contributed by atoms with Crippen molar-refractivity contribution in [1.82, 2.24) is 25.5 Å². The third-order valence-electron chi connectivity index (χ3n) is 3.45. The van der Waals surface area contributed by atoms with Crippen molar-refractivity contribution in [2.75, 3.05) is 0 Å². The number of aryl methyl sites for hydroxylation is 1. The van der Waals surface area contributed by atoms with Crippen LogP contribution in [-0.2, 0) is 6.42 Å². The van der Waals surface area contributed by atoms with Gasteiger partial charge < -0.3 is 10.3 Å². The topological polar surface area (TPSA) is 104 Å². The molecule has 0 saturated heterocycles. The Morgan fingerprint density at radius 3 is 2.92 bits per heavy atom. The van der Waals surface area contributed by atoms with Gasteiger partial charge in [0.2, 0.25) is 0 Å². The van der Waals surface area contributed by atoms with Gasteiger partial charge in [0, 0.05) is 24.4 Å². The number of carbonyl (C=O) groups is 1. The number of aromatic nitrogens is 4. The minimum Gasteiger partial charge on any atom is -0.349 e. The van der Waals surface area contributed by atoms with Crippen molar-refractivity contribution in [2.45, 2.75) is 26.3 Å². The molecule has 3 rings (SSSR count). The number of thiophene rings is 1. The SMILES string of the molecule is Cc1cc(C[C@H](C)NC(=O)c2cnc(-c3cccs3)[nH]c2=O)n[nH]1. The minimum atomic E-state index is -0.450. The van der Waals surface area contributed by atoms with Crippen LogP contribution in [0, 0.1) is 6.92 Å². The normalized spacial score (nSPS) is 12.1. The van der Waals surface area contributed by atoms with Crippen molar-refractivity contribution in [3.05, 3.63) is 57.1 Å². The van der Waals surface area contributed by atoms with E-state index in [-0.39, 0.29) is 11.6 Å². The van der Waals surface area contributed by atoms with E-state index >= 15 is 0 Å². The first kappa shape index (κ1) is 16.1. The largest absolute Gasteiger partial charge is 0.349 e. The van der Waals surface area contributed by atoms with Gasteiger partial charge in [0.15, 0.2) is 0 Å². The number of nitrogens with zero attached hydrogens (tertiary/aromatic N) is 2. The average molecular weight is 343 g/mol. The van der Waals surface area contributed by atoms with Gasteiger partial charge in [-0.1, -0.05) is 6.07 Å². The molecule has 3 N–H and O–H groups in total. The molecule has 0 saturated carbocycles. The highest BCUT2D eigenvalue weighted by atomic mass is 32.1. The first-order chi connectivity index (χ1) is 11.5. The number of carbonyl (C=O) groups excluding carboxylic acids is 1. The Labute approximate surface area is 142 Å². The molecule has 0 spiro atoms. The summed E-state index contributed by atoms with van der Waals surface area (Å²) in [4.78, 5) is 32.1. The monoisotopic (exact) mass is 343 g/mol. The van der Waals surface area contributed by atoms with Crippen LogP contribution in [0.15, 0.2) is 34.6 Å². The molecule has 3 aromatic rings. The zero-order valence-corrected chi connectivity index (χ0v) is 14.1. The van der Waals surface area contributed by atoms with Crippen molar-refractivity contribution < 1.29 is 4.79 Å². The smallest absolute Gasteiger partial charge is 0.264 e. The zero-order valence-electron chi connectivity index (χ0n) is 13.3. The highest BCUT2D eigenvalue weighted by Gasteiger charge is 2.16. The molecule has 24 heavy (non-hydrogen) atoms. The molecule has 0 bridgehead atoms. The van der Waals surface area contributed by atoms with Crippen LogP contribution in [0.2, 0.25) is 0 Å². The van der Waals surface area contributed by atoms with Gasteiger partial charge in [-0.05, 0) is 31.4 Å². The highest BCUT2D eigenvalue weighted by molar-refractivity contribution is 7.13. The van der Waals surface area contributed by atoms with E-state index in [1.807, 2.05) is 37.4 Å². The van der Waals surface area contributed by atoms with Crippen molar-refractivity contribution >= 4 is 17.2 Å². The van der Waals surface area contributed by atoms with Gasteiger partial charge in [0.05, 0.1) is 10.6 Å². The van der Waals surface area contributed by atoms with Crippen molar-refractivity contribution in [3.63, 3.8) is 0 Å². The number of H-pyrrole nitrogens is 2. The molecule has 3 aromatic heterocycles. The summed E-state index contributed by atoms with van der Waals surface area (Å²) in [6.07, 6.45) is 1.89. The fourth-order valence-corrected chi connectivity index (χ4v) is 3.02. The van der Waals surface area contributed by atoms with Gasteiger partial charge in [-0.25, -0.2) is 4.98 Å². The Morgan fingerprint density at radius 1 is 1.46 bits per heavy atom.